The molecule has 0 aliphatic rings. The van der Waals surface area contributed by atoms with Crippen molar-refractivity contribution < 1.29 is 0 Å². The van der Waals surface area contributed by atoms with Crippen molar-refractivity contribution in [2.24, 2.45) is 0 Å². The Bertz CT molecular complexity index is 564. The maximum absolute atomic E-state index is 4.29. The van der Waals surface area contributed by atoms with Gasteiger partial charge in [0, 0.05) is 0 Å². The molecule has 20 heavy (non-hydrogen) atoms. The number of rotatable bonds is 6. The fourth-order valence-corrected chi connectivity index (χ4v) is 2.52. The molecule has 0 aliphatic heterocycles. The van der Waals surface area contributed by atoms with Crippen molar-refractivity contribution in [1.82, 2.24) is 0 Å². The highest BCUT2D eigenvalue weighted by atomic mass is 14.1. The summed E-state index contributed by atoms with van der Waals surface area (Å²) in [5, 5.41) is 0. The highest BCUT2D eigenvalue weighted by molar-refractivity contribution is 5.79. The average molecular weight is 264 g/mol. The zero-order chi connectivity index (χ0) is 14.4. The van der Waals surface area contributed by atoms with Gasteiger partial charge < -0.3 is 0 Å². The molecule has 0 spiro atoms. The maximum atomic E-state index is 4.29. The summed E-state index contributed by atoms with van der Waals surface area (Å²) in [4.78, 5) is 0. The minimum absolute atomic E-state index is 1.13. The van der Waals surface area contributed by atoms with Crippen LogP contribution >= 0.6 is 0 Å². The SMILES string of the molecule is C=C(c1ccccc1)c1cc(CCCCC)ccc1C. The molecule has 104 valence electrons. The van der Waals surface area contributed by atoms with E-state index in [1.54, 1.807) is 0 Å². The summed E-state index contributed by atoms with van der Waals surface area (Å²) < 4.78 is 0. The van der Waals surface area contributed by atoms with E-state index in [0.29, 0.717) is 0 Å². The molecule has 0 heterocycles. The molecule has 2 aromatic rings. The Morgan fingerprint density at radius 2 is 1.75 bits per heavy atom. The lowest BCUT2D eigenvalue weighted by Crippen LogP contribution is -1.94. The van der Waals surface area contributed by atoms with Crippen molar-refractivity contribution in [3.8, 4) is 0 Å². The molecule has 0 atom stereocenters. The molecule has 0 saturated heterocycles. The Kier molecular flexibility index (Phi) is 5.17. The number of hydrogen-bond acceptors (Lipinski definition) is 0. The lowest BCUT2D eigenvalue weighted by atomic mass is 9.93. The van der Waals surface area contributed by atoms with Gasteiger partial charge in [-0.1, -0.05) is 74.9 Å². The number of aryl methyl sites for hydroxylation is 2. The predicted octanol–water partition coefficient (Wildman–Crippen LogP) is 5.79. The van der Waals surface area contributed by atoms with Crippen molar-refractivity contribution in [3.05, 3.63) is 77.4 Å². The molecule has 0 nitrogen and oxygen atoms in total. The first-order chi connectivity index (χ1) is 9.72. The molecule has 0 radical (unpaired) electrons. The van der Waals surface area contributed by atoms with Crippen LogP contribution in [0.2, 0.25) is 0 Å². The van der Waals surface area contributed by atoms with Gasteiger partial charge in [-0.25, -0.2) is 0 Å². The molecule has 0 saturated carbocycles. The van der Waals surface area contributed by atoms with Crippen LogP contribution in [0.1, 0.15) is 48.4 Å². The number of benzene rings is 2. The van der Waals surface area contributed by atoms with Crippen molar-refractivity contribution in [2.45, 2.75) is 39.5 Å². The second kappa shape index (κ2) is 7.09. The van der Waals surface area contributed by atoms with E-state index >= 15 is 0 Å². The molecule has 0 amide bonds. The summed E-state index contributed by atoms with van der Waals surface area (Å²) in [7, 11) is 0. The highest BCUT2D eigenvalue weighted by Gasteiger charge is 2.06. The van der Waals surface area contributed by atoms with Gasteiger partial charge in [-0.2, -0.15) is 0 Å². The van der Waals surface area contributed by atoms with E-state index in [4.69, 9.17) is 0 Å². The van der Waals surface area contributed by atoms with Crippen LogP contribution < -0.4 is 0 Å². The van der Waals surface area contributed by atoms with Crippen LogP contribution in [0.3, 0.4) is 0 Å². The summed E-state index contributed by atoms with van der Waals surface area (Å²) in [6.45, 7) is 8.71. The van der Waals surface area contributed by atoms with Gasteiger partial charge in [-0.3, -0.25) is 0 Å². The molecule has 0 aromatic heterocycles. The van der Waals surface area contributed by atoms with E-state index in [-0.39, 0.29) is 0 Å². The van der Waals surface area contributed by atoms with Gasteiger partial charge in [0.2, 0.25) is 0 Å². The Balaban J connectivity index is 2.22. The third kappa shape index (κ3) is 3.60. The summed E-state index contributed by atoms with van der Waals surface area (Å²) >= 11 is 0. The predicted molar refractivity (Wildman–Crippen MR) is 89.0 cm³/mol. The van der Waals surface area contributed by atoms with Gasteiger partial charge in [-0.15, -0.1) is 0 Å². The standard InChI is InChI=1S/C20H24/c1-4-5-7-10-18-14-13-16(2)20(15-18)17(3)19-11-8-6-9-12-19/h6,8-9,11-15H,3-5,7,10H2,1-2H3. The van der Waals surface area contributed by atoms with Crippen LogP contribution in [0.4, 0.5) is 0 Å². The summed E-state index contributed by atoms with van der Waals surface area (Å²) in [5.74, 6) is 0. The molecule has 2 rings (SSSR count). The summed E-state index contributed by atoms with van der Waals surface area (Å²) in [6, 6.07) is 17.3. The molecule has 0 N–H and O–H groups in total. The van der Waals surface area contributed by atoms with Crippen molar-refractivity contribution in [1.29, 1.82) is 0 Å². The lowest BCUT2D eigenvalue weighted by Gasteiger charge is -2.12. The van der Waals surface area contributed by atoms with Crippen molar-refractivity contribution in [3.63, 3.8) is 0 Å². The van der Waals surface area contributed by atoms with E-state index in [2.05, 4.69) is 62.9 Å². The van der Waals surface area contributed by atoms with Crippen LogP contribution in [0, 0.1) is 6.92 Å². The fraction of sp³-hybridized carbons (Fsp3) is 0.300. The zero-order valence-corrected chi connectivity index (χ0v) is 12.7. The van der Waals surface area contributed by atoms with Crippen LogP contribution in [-0.4, -0.2) is 0 Å². The smallest absolute Gasteiger partial charge is 0.0152 e. The monoisotopic (exact) mass is 264 g/mol. The van der Waals surface area contributed by atoms with Gasteiger partial charge in [0.1, 0.15) is 0 Å². The normalized spacial score (nSPS) is 10.5. The van der Waals surface area contributed by atoms with Gasteiger partial charge in [0.25, 0.3) is 0 Å². The first-order valence-electron chi connectivity index (χ1n) is 7.56. The average Bonchev–Trinajstić information content (AvgIpc) is 2.49. The summed E-state index contributed by atoms with van der Waals surface area (Å²) in [5.41, 5.74) is 6.35. The van der Waals surface area contributed by atoms with Gasteiger partial charge >= 0.3 is 0 Å². The zero-order valence-electron chi connectivity index (χ0n) is 12.7. The van der Waals surface area contributed by atoms with E-state index in [9.17, 15) is 0 Å². The lowest BCUT2D eigenvalue weighted by molar-refractivity contribution is 0.717. The Labute approximate surface area is 123 Å². The maximum Gasteiger partial charge on any atom is -0.0152 e. The molecular formula is C20H24. The minimum atomic E-state index is 1.13. The molecule has 0 bridgehead atoms. The number of unbranched alkanes of at least 4 members (excludes halogenated alkanes) is 2. The minimum Gasteiger partial charge on any atom is -0.0905 e. The molecule has 0 heteroatoms. The van der Waals surface area contributed by atoms with E-state index in [1.807, 2.05) is 6.07 Å². The van der Waals surface area contributed by atoms with Crippen molar-refractivity contribution >= 4 is 5.57 Å². The first kappa shape index (κ1) is 14.6. The Morgan fingerprint density at radius 3 is 2.45 bits per heavy atom. The third-order valence-corrected chi connectivity index (χ3v) is 3.82. The van der Waals surface area contributed by atoms with Crippen molar-refractivity contribution in [2.75, 3.05) is 0 Å². The Hall–Kier alpha value is -1.82. The van der Waals surface area contributed by atoms with Gasteiger partial charge in [0.15, 0.2) is 0 Å². The molecule has 2 aromatic carbocycles. The third-order valence-electron chi connectivity index (χ3n) is 3.82. The molecule has 0 unspecified atom stereocenters. The largest absolute Gasteiger partial charge is 0.0905 e. The fourth-order valence-electron chi connectivity index (χ4n) is 2.52. The molecule has 0 aliphatic carbocycles. The second-order valence-corrected chi connectivity index (χ2v) is 5.45. The molecule has 0 fully saturated rings. The second-order valence-electron chi connectivity index (χ2n) is 5.45. The number of hydrogen-bond donors (Lipinski definition) is 0. The van der Waals surface area contributed by atoms with E-state index in [1.165, 1.54) is 47.9 Å². The van der Waals surface area contributed by atoms with Crippen LogP contribution in [0.15, 0.2) is 55.1 Å². The van der Waals surface area contributed by atoms with E-state index in [0.717, 1.165) is 5.57 Å². The summed E-state index contributed by atoms with van der Waals surface area (Å²) in [6.07, 6.45) is 5.03. The van der Waals surface area contributed by atoms with Gasteiger partial charge in [-0.05, 0) is 47.6 Å². The highest BCUT2D eigenvalue weighted by Crippen LogP contribution is 2.25. The van der Waals surface area contributed by atoms with Crippen LogP contribution in [-0.2, 0) is 6.42 Å². The van der Waals surface area contributed by atoms with E-state index < -0.39 is 0 Å². The van der Waals surface area contributed by atoms with Gasteiger partial charge in [0.05, 0.1) is 0 Å². The van der Waals surface area contributed by atoms with Crippen LogP contribution in [0.5, 0.6) is 0 Å². The topological polar surface area (TPSA) is 0 Å². The van der Waals surface area contributed by atoms with Crippen LogP contribution in [0.25, 0.3) is 5.57 Å². The Morgan fingerprint density at radius 1 is 1.00 bits per heavy atom. The first-order valence-corrected chi connectivity index (χ1v) is 7.56. The molecular weight excluding hydrogens is 240 g/mol. The quantitative estimate of drug-likeness (QED) is 0.579.